The molecule has 0 atom stereocenters. The van der Waals surface area contributed by atoms with Crippen LogP contribution in [0.5, 0.6) is 11.6 Å². The zero-order valence-corrected chi connectivity index (χ0v) is 13.7. The summed E-state index contributed by atoms with van der Waals surface area (Å²) in [6.07, 6.45) is 1.54. The molecule has 22 heavy (non-hydrogen) atoms. The van der Waals surface area contributed by atoms with Crippen molar-refractivity contribution in [1.82, 2.24) is 19.3 Å². The van der Waals surface area contributed by atoms with Crippen LogP contribution in [0.4, 0.5) is 15.3 Å². The molecule has 3 aromatic rings. The van der Waals surface area contributed by atoms with Gasteiger partial charge in [-0.1, -0.05) is 0 Å². The maximum absolute atomic E-state index is 12.9. The summed E-state index contributed by atoms with van der Waals surface area (Å²) in [7, 11) is 0. The second kappa shape index (κ2) is 6.32. The van der Waals surface area contributed by atoms with E-state index in [0.717, 1.165) is 0 Å². The molecule has 6 nitrogen and oxygen atoms in total. The number of nitrogens with one attached hydrogen (secondary N) is 1. The van der Waals surface area contributed by atoms with Crippen LogP contribution in [0.3, 0.4) is 0 Å². The Hall–Kier alpha value is -2.13. The second-order valence-corrected chi connectivity index (χ2v) is 5.74. The third-order valence-corrected chi connectivity index (χ3v) is 3.60. The molecule has 2 aromatic heterocycles. The molecule has 0 saturated heterocycles. The molecule has 0 radical (unpaired) electrons. The van der Waals surface area contributed by atoms with Crippen LogP contribution in [0.15, 0.2) is 35.1 Å². The number of anilines is 2. The standard InChI is InChI=1S/C13H9BrFN5OS/c1-7-17-13(22-20-7)19-11-12(18-10(14)6-16-11)21-9-4-2-8(15)3-5-9/h2-6H,1H3,(H,16,17,19,20). The first-order chi connectivity index (χ1) is 10.6. The van der Waals surface area contributed by atoms with Gasteiger partial charge < -0.3 is 10.1 Å². The average Bonchev–Trinajstić information content (AvgIpc) is 2.90. The molecule has 0 spiro atoms. The SMILES string of the molecule is Cc1nsc(Nc2ncc(Br)nc2Oc2ccc(F)cc2)n1. The molecule has 1 N–H and O–H groups in total. The van der Waals surface area contributed by atoms with E-state index < -0.39 is 0 Å². The van der Waals surface area contributed by atoms with Crippen LogP contribution in [0.1, 0.15) is 5.82 Å². The molecule has 0 saturated carbocycles. The second-order valence-electron chi connectivity index (χ2n) is 4.17. The van der Waals surface area contributed by atoms with Gasteiger partial charge in [-0.05, 0) is 47.1 Å². The fourth-order valence-corrected chi connectivity index (χ4v) is 2.41. The van der Waals surface area contributed by atoms with Crippen LogP contribution in [0.2, 0.25) is 0 Å². The van der Waals surface area contributed by atoms with Gasteiger partial charge in [0, 0.05) is 11.5 Å². The van der Waals surface area contributed by atoms with Crippen molar-refractivity contribution in [3.8, 4) is 11.6 Å². The molecule has 1 aromatic carbocycles. The predicted molar refractivity (Wildman–Crippen MR) is 84.1 cm³/mol. The fourth-order valence-electron chi connectivity index (χ4n) is 1.57. The van der Waals surface area contributed by atoms with Gasteiger partial charge >= 0.3 is 0 Å². The van der Waals surface area contributed by atoms with Crippen molar-refractivity contribution in [1.29, 1.82) is 0 Å². The number of aromatic nitrogens is 4. The van der Waals surface area contributed by atoms with E-state index in [9.17, 15) is 4.39 Å². The highest BCUT2D eigenvalue weighted by Gasteiger charge is 2.12. The zero-order valence-electron chi connectivity index (χ0n) is 11.2. The summed E-state index contributed by atoms with van der Waals surface area (Å²) in [6.45, 7) is 1.80. The molecule has 0 aliphatic heterocycles. The number of halogens is 2. The summed E-state index contributed by atoms with van der Waals surface area (Å²) in [5, 5.41) is 3.59. The van der Waals surface area contributed by atoms with Gasteiger partial charge in [0.1, 0.15) is 22.0 Å². The maximum atomic E-state index is 12.9. The van der Waals surface area contributed by atoms with Crippen LogP contribution in [0, 0.1) is 12.7 Å². The monoisotopic (exact) mass is 381 g/mol. The molecule has 3 rings (SSSR count). The number of benzene rings is 1. The molecule has 0 aliphatic rings. The minimum absolute atomic E-state index is 0.244. The largest absolute Gasteiger partial charge is 0.436 e. The van der Waals surface area contributed by atoms with Gasteiger partial charge in [0.2, 0.25) is 5.13 Å². The first-order valence-corrected chi connectivity index (χ1v) is 7.70. The number of aryl methyl sites for hydroxylation is 1. The van der Waals surface area contributed by atoms with E-state index in [1.165, 1.54) is 42.0 Å². The van der Waals surface area contributed by atoms with Gasteiger partial charge in [0.25, 0.3) is 5.88 Å². The van der Waals surface area contributed by atoms with E-state index in [-0.39, 0.29) is 11.7 Å². The summed E-state index contributed by atoms with van der Waals surface area (Å²) in [4.78, 5) is 12.6. The Balaban J connectivity index is 1.88. The van der Waals surface area contributed by atoms with E-state index in [4.69, 9.17) is 4.74 Å². The van der Waals surface area contributed by atoms with Gasteiger partial charge in [-0.2, -0.15) is 4.37 Å². The van der Waals surface area contributed by atoms with E-state index in [2.05, 4.69) is 40.6 Å². The van der Waals surface area contributed by atoms with Gasteiger partial charge in [0.15, 0.2) is 5.82 Å². The van der Waals surface area contributed by atoms with Crippen molar-refractivity contribution < 1.29 is 9.13 Å². The number of rotatable bonds is 4. The zero-order chi connectivity index (χ0) is 15.5. The van der Waals surface area contributed by atoms with E-state index >= 15 is 0 Å². The van der Waals surface area contributed by atoms with Crippen LogP contribution in [0.25, 0.3) is 0 Å². The molecular weight excluding hydrogens is 373 g/mol. The van der Waals surface area contributed by atoms with Crippen LogP contribution >= 0.6 is 27.5 Å². The van der Waals surface area contributed by atoms with Gasteiger partial charge in [0.05, 0.1) is 6.20 Å². The van der Waals surface area contributed by atoms with Crippen molar-refractivity contribution in [2.75, 3.05) is 5.32 Å². The van der Waals surface area contributed by atoms with Crippen LogP contribution < -0.4 is 10.1 Å². The Morgan fingerprint density at radius 3 is 2.68 bits per heavy atom. The molecule has 2 heterocycles. The highest BCUT2D eigenvalue weighted by Crippen LogP contribution is 2.29. The molecule has 9 heteroatoms. The summed E-state index contributed by atoms with van der Waals surface area (Å²) >= 11 is 4.45. The van der Waals surface area contributed by atoms with E-state index in [1.54, 1.807) is 6.92 Å². The molecule has 0 amide bonds. The lowest BCUT2D eigenvalue weighted by Gasteiger charge is -2.09. The average molecular weight is 382 g/mol. The number of hydrogen-bond donors (Lipinski definition) is 1. The quantitative estimate of drug-likeness (QED) is 0.733. The summed E-state index contributed by atoms with van der Waals surface area (Å²) in [6, 6.07) is 5.64. The Morgan fingerprint density at radius 1 is 1.23 bits per heavy atom. The third kappa shape index (κ3) is 3.55. The first-order valence-electron chi connectivity index (χ1n) is 6.13. The van der Waals surface area contributed by atoms with Crippen molar-refractivity contribution in [3.05, 3.63) is 46.7 Å². The molecule has 0 aliphatic carbocycles. The lowest BCUT2D eigenvalue weighted by Crippen LogP contribution is -1.99. The van der Waals surface area contributed by atoms with Gasteiger partial charge in [-0.15, -0.1) is 0 Å². The van der Waals surface area contributed by atoms with Gasteiger partial charge in [-0.25, -0.2) is 19.3 Å². The van der Waals surface area contributed by atoms with E-state index in [0.29, 0.717) is 27.1 Å². The van der Waals surface area contributed by atoms with Crippen LogP contribution in [-0.4, -0.2) is 19.3 Å². The Bertz CT molecular complexity index is 795. The van der Waals surface area contributed by atoms with Gasteiger partial charge in [-0.3, -0.25) is 0 Å². The normalized spacial score (nSPS) is 10.5. The first kappa shape index (κ1) is 14.8. The summed E-state index contributed by atoms with van der Waals surface area (Å²) in [5.41, 5.74) is 0. The number of hydrogen-bond acceptors (Lipinski definition) is 7. The lowest BCUT2D eigenvalue weighted by atomic mass is 10.3. The predicted octanol–water partition coefficient (Wildman–Crippen LogP) is 4.07. The molecular formula is C13H9BrFN5OS. The smallest absolute Gasteiger partial charge is 0.264 e. The van der Waals surface area contributed by atoms with Crippen molar-refractivity contribution in [3.63, 3.8) is 0 Å². The van der Waals surface area contributed by atoms with Crippen molar-refractivity contribution >= 4 is 38.4 Å². The topological polar surface area (TPSA) is 72.8 Å². The van der Waals surface area contributed by atoms with E-state index in [1.807, 2.05) is 0 Å². The van der Waals surface area contributed by atoms with Crippen molar-refractivity contribution in [2.45, 2.75) is 6.92 Å². The highest BCUT2D eigenvalue weighted by atomic mass is 79.9. The summed E-state index contributed by atoms with van der Waals surface area (Å²) in [5.74, 6) is 1.41. The number of ether oxygens (including phenoxy) is 1. The number of nitrogens with zero attached hydrogens (tertiary/aromatic N) is 4. The summed E-state index contributed by atoms with van der Waals surface area (Å²) < 4.78 is 23.2. The Morgan fingerprint density at radius 2 is 2.00 bits per heavy atom. The lowest BCUT2D eigenvalue weighted by molar-refractivity contribution is 0.460. The van der Waals surface area contributed by atoms with Crippen LogP contribution in [-0.2, 0) is 0 Å². The molecule has 0 unspecified atom stereocenters. The molecule has 0 bridgehead atoms. The maximum Gasteiger partial charge on any atom is 0.264 e. The third-order valence-electron chi connectivity index (χ3n) is 2.49. The molecule has 112 valence electrons. The highest BCUT2D eigenvalue weighted by molar-refractivity contribution is 9.10. The Kier molecular flexibility index (Phi) is 4.25. The minimum atomic E-state index is -0.338. The minimum Gasteiger partial charge on any atom is -0.436 e. The Labute approximate surface area is 137 Å². The fraction of sp³-hybridized carbons (Fsp3) is 0.0769. The van der Waals surface area contributed by atoms with Crippen molar-refractivity contribution in [2.24, 2.45) is 0 Å². The molecule has 0 fully saturated rings.